The van der Waals surface area contributed by atoms with E-state index in [1.54, 1.807) is 48.5 Å². The van der Waals surface area contributed by atoms with Crippen LogP contribution in [0.1, 0.15) is 10.4 Å². The lowest BCUT2D eigenvalue weighted by atomic mass is 10.2. The topological polar surface area (TPSA) is 58.2 Å². The van der Waals surface area contributed by atoms with E-state index in [1.165, 1.54) is 17.8 Å². The minimum Gasteiger partial charge on any atom is -0.325 e. The van der Waals surface area contributed by atoms with Crippen LogP contribution in [0.5, 0.6) is 0 Å². The van der Waals surface area contributed by atoms with Crippen molar-refractivity contribution in [3.05, 3.63) is 87.4 Å². The molecule has 2 amide bonds. The molecule has 8 heteroatoms. The Labute approximate surface area is 187 Å². The highest BCUT2D eigenvalue weighted by Crippen LogP contribution is 2.24. The summed E-state index contributed by atoms with van der Waals surface area (Å²) in [5.41, 5.74) is 1.61. The maximum Gasteiger partial charge on any atom is 0.257 e. The third-order valence-electron chi connectivity index (χ3n) is 3.77. The fourth-order valence-electron chi connectivity index (χ4n) is 2.42. The number of hydrogen-bond acceptors (Lipinski definition) is 3. The van der Waals surface area contributed by atoms with Gasteiger partial charge in [-0.15, -0.1) is 11.8 Å². The monoisotopic (exact) mass is 464 g/mol. The van der Waals surface area contributed by atoms with Gasteiger partial charge in [0.15, 0.2) is 0 Å². The van der Waals surface area contributed by atoms with Gasteiger partial charge in [-0.25, -0.2) is 0 Å². The second kappa shape index (κ2) is 10.0. The van der Waals surface area contributed by atoms with Crippen molar-refractivity contribution >= 4 is 69.8 Å². The van der Waals surface area contributed by atoms with Gasteiger partial charge in [-0.1, -0.05) is 40.9 Å². The van der Waals surface area contributed by atoms with Crippen molar-refractivity contribution in [1.82, 2.24) is 0 Å². The highest BCUT2D eigenvalue weighted by Gasteiger charge is 2.11. The van der Waals surface area contributed by atoms with Crippen molar-refractivity contribution in [3.8, 4) is 0 Å². The Hall–Kier alpha value is -2.18. The van der Waals surface area contributed by atoms with Gasteiger partial charge in [0.1, 0.15) is 0 Å². The molecule has 0 aliphatic heterocycles. The lowest BCUT2D eigenvalue weighted by Gasteiger charge is -2.08. The summed E-state index contributed by atoms with van der Waals surface area (Å²) in [6.45, 7) is 0. The van der Waals surface area contributed by atoms with Gasteiger partial charge in [-0.05, 0) is 60.7 Å². The second-order valence-electron chi connectivity index (χ2n) is 5.95. The zero-order valence-corrected chi connectivity index (χ0v) is 18.0. The predicted molar refractivity (Wildman–Crippen MR) is 122 cm³/mol. The molecule has 3 aromatic rings. The van der Waals surface area contributed by atoms with E-state index in [0.717, 1.165) is 4.90 Å². The van der Waals surface area contributed by atoms with E-state index in [9.17, 15) is 9.59 Å². The average Bonchev–Trinajstić information content (AvgIpc) is 2.67. The Kier molecular flexibility index (Phi) is 7.45. The number of carbonyl (C=O) groups excluding carboxylic acids is 2. The molecule has 0 atom stereocenters. The van der Waals surface area contributed by atoms with E-state index in [1.807, 2.05) is 12.1 Å². The molecule has 0 aromatic heterocycles. The zero-order chi connectivity index (χ0) is 20.8. The quantitative estimate of drug-likeness (QED) is 0.402. The standard InChI is InChI=1S/C21H15Cl3N2O2S/c22-13-2-1-3-16(10-13)25-20(27)12-29-17-7-5-15(6-8-17)26-21(28)18-9-4-14(23)11-19(18)24/h1-11H,12H2,(H,25,27)(H,26,28). The molecular formula is C21H15Cl3N2O2S. The molecule has 2 N–H and O–H groups in total. The molecule has 0 aliphatic rings. The summed E-state index contributed by atoms with van der Waals surface area (Å²) < 4.78 is 0. The first-order chi connectivity index (χ1) is 13.9. The third-order valence-corrected chi connectivity index (χ3v) is 5.56. The molecule has 0 heterocycles. The first-order valence-corrected chi connectivity index (χ1v) is 10.6. The lowest BCUT2D eigenvalue weighted by Crippen LogP contribution is -2.14. The summed E-state index contributed by atoms with van der Waals surface area (Å²) in [6.07, 6.45) is 0. The molecule has 3 aromatic carbocycles. The van der Waals surface area contributed by atoms with E-state index < -0.39 is 0 Å². The van der Waals surface area contributed by atoms with Crippen molar-refractivity contribution in [3.63, 3.8) is 0 Å². The number of hydrogen-bond donors (Lipinski definition) is 2. The number of rotatable bonds is 6. The molecule has 29 heavy (non-hydrogen) atoms. The Balaban J connectivity index is 1.53. The van der Waals surface area contributed by atoms with Crippen LogP contribution in [0.25, 0.3) is 0 Å². The van der Waals surface area contributed by atoms with Crippen molar-refractivity contribution in [1.29, 1.82) is 0 Å². The van der Waals surface area contributed by atoms with Crippen LogP contribution in [0.4, 0.5) is 11.4 Å². The predicted octanol–water partition coefficient (Wildman–Crippen LogP) is 6.63. The number of halogens is 3. The summed E-state index contributed by atoms with van der Waals surface area (Å²) in [6, 6.07) is 18.9. The van der Waals surface area contributed by atoms with Gasteiger partial charge >= 0.3 is 0 Å². The molecule has 3 rings (SSSR count). The minimum absolute atomic E-state index is 0.132. The van der Waals surface area contributed by atoms with Crippen LogP contribution < -0.4 is 10.6 Å². The molecule has 0 unspecified atom stereocenters. The molecule has 4 nitrogen and oxygen atoms in total. The molecule has 0 fully saturated rings. The fourth-order valence-corrected chi connectivity index (χ4v) is 3.80. The Bertz CT molecular complexity index is 1040. The summed E-state index contributed by atoms with van der Waals surface area (Å²) in [5, 5.41) is 6.89. The number of benzene rings is 3. The van der Waals surface area contributed by atoms with Crippen LogP contribution >= 0.6 is 46.6 Å². The maximum atomic E-state index is 12.3. The van der Waals surface area contributed by atoms with Gasteiger partial charge in [0, 0.05) is 26.3 Å². The SMILES string of the molecule is O=C(CSc1ccc(NC(=O)c2ccc(Cl)cc2Cl)cc1)Nc1cccc(Cl)c1. The van der Waals surface area contributed by atoms with Gasteiger partial charge in [-0.2, -0.15) is 0 Å². The molecular weight excluding hydrogens is 451 g/mol. The van der Waals surface area contributed by atoms with Crippen molar-refractivity contribution in [2.24, 2.45) is 0 Å². The maximum absolute atomic E-state index is 12.3. The van der Waals surface area contributed by atoms with Crippen LogP contribution in [0, 0.1) is 0 Å². The van der Waals surface area contributed by atoms with Gasteiger partial charge < -0.3 is 10.6 Å². The van der Waals surface area contributed by atoms with Crippen LogP contribution in [-0.4, -0.2) is 17.6 Å². The molecule has 0 aliphatic carbocycles. The van der Waals surface area contributed by atoms with Crippen molar-refractivity contribution in [2.45, 2.75) is 4.90 Å². The van der Waals surface area contributed by atoms with Crippen LogP contribution in [0.2, 0.25) is 15.1 Å². The summed E-state index contributed by atoms with van der Waals surface area (Å²) in [5.74, 6) is -0.210. The van der Waals surface area contributed by atoms with Gasteiger partial charge in [0.05, 0.1) is 16.3 Å². The zero-order valence-electron chi connectivity index (χ0n) is 14.9. The highest BCUT2D eigenvalue weighted by atomic mass is 35.5. The smallest absolute Gasteiger partial charge is 0.257 e. The second-order valence-corrected chi connectivity index (χ2v) is 8.28. The first-order valence-electron chi connectivity index (χ1n) is 8.45. The largest absolute Gasteiger partial charge is 0.325 e. The molecule has 148 valence electrons. The summed E-state index contributed by atoms with van der Waals surface area (Å²) >= 11 is 19.2. The van der Waals surface area contributed by atoms with E-state index >= 15 is 0 Å². The van der Waals surface area contributed by atoms with Gasteiger partial charge in [-0.3, -0.25) is 9.59 Å². The Morgan fingerprint density at radius 1 is 0.793 bits per heavy atom. The average molecular weight is 466 g/mol. The molecule has 0 saturated heterocycles. The van der Waals surface area contributed by atoms with E-state index in [-0.39, 0.29) is 22.6 Å². The molecule has 0 bridgehead atoms. The van der Waals surface area contributed by atoms with Crippen molar-refractivity contribution < 1.29 is 9.59 Å². The van der Waals surface area contributed by atoms with Crippen molar-refractivity contribution in [2.75, 3.05) is 16.4 Å². The number of nitrogens with one attached hydrogen (secondary N) is 2. The Morgan fingerprint density at radius 2 is 1.52 bits per heavy atom. The normalized spacial score (nSPS) is 10.4. The Morgan fingerprint density at radius 3 is 2.21 bits per heavy atom. The van der Waals surface area contributed by atoms with E-state index in [0.29, 0.717) is 27.0 Å². The molecule has 0 radical (unpaired) electrons. The van der Waals surface area contributed by atoms with Crippen LogP contribution in [0.15, 0.2) is 71.6 Å². The third kappa shape index (κ3) is 6.41. The summed E-state index contributed by atoms with van der Waals surface area (Å²) in [4.78, 5) is 25.3. The number of amides is 2. The number of carbonyl (C=O) groups is 2. The lowest BCUT2D eigenvalue weighted by molar-refractivity contribution is -0.113. The van der Waals surface area contributed by atoms with E-state index in [2.05, 4.69) is 10.6 Å². The van der Waals surface area contributed by atoms with Crippen LogP contribution in [-0.2, 0) is 4.79 Å². The van der Waals surface area contributed by atoms with Gasteiger partial charge in [0.2, 0.25) is 5.91 Å². The van der Waals surface area contributed by atoms with E-state index in [4.69, 9.17) is 34.8 Å². The fraction of sp³-hybridized carbons (Fsp3) is 0.0476. The van der Waals surface area contributed by atoms with Crippen LogP contribution in [0.3, 0.4) is 0 Å². The number of thioether (sulfide) groups is 1. The molecule has 0 spiro atoms. The first kappa shape index (κ1) is 21.5. The van der Waals surface area contributed by atoms with Gasteiger partial charge in [0.25, 0.3) is 5.91 Å². The highest BCUT2D eigenvalue weighted by molar-refractivity contribution is 8.00. The summed E-state index contributed by atoms with van der Waals surface area (Å²) in [7, 11) is 0. The minimum atomic E-state index is -0.326. The number of anilines is 2. The molecule has 0 saturated carbocycles.